The van der Waals surface area contributed by atoms with Crippen LogP contribution >= 0.6 is 0 Å². The van der Waals surface area contributed by atoms with E-state index in [9.17, 15) is 18.4 Å². The van der Waals surface area contributed by atoms with Gasteiger partial charge in [0.2, 0.25) is 5.91 Å². The van der Waals surface area contributed by atoms with E-state index < -0.39 is 17.0 Å². The Labute approximate surface area is 177 Å². The monoisotopic (exact) mass is 425 g/mol. The van der Waals surface area contributed by atoms with Gasteiger partial charge in [0, 0.05) is 36.7 Å². The number of carbonyl (C=O) groups is 2. The molecule has 2 amide bonds. The molecule has 160 valence electrons. The molecule has 1 N–H and O–H groups in total. The van der Waals surface area contributed by atoms with Crippen molar-refractivity contribution in [1.82, 2.24) is 19.9 Å². The third-order valence-corrected chi connectivity index (χ3v) is 6.47. The predicted molar refractivity (Wildman–Crippen MR) is 108 cm³/mol. The molecule has 0 atom stereocenters. The fourth-order valence-electron chi connectivity index (χ4n) is 4.79. The van der Waals surface area contributed by atoms with Crippen LogP contribution in [-0.4, -0.2) is 39.0 Å². The first-order chi connectivity index (χ1) is 14.9. The molecule has 3 heterocycles. The SMILES string of the molecule is O=C(N[C@H]1CC[C@@]2(CCN(c3cc(F)cc(F)c3)C2=O)CC1)c1cnn2cccnc12. The molecule has 1 aromatic carbocycles. The molecule has 1 saturated carbocycles. The summed E-state index contributed by atoms with van der Waals surface area (Å²) in [5.74, 6) is -1.71. The fraction of sp³-hybridized carbons (Fsp3) is 0.364. The summed E-state index contributed by atoms with van der Waals surface area (Å²) in [5.41, 5.74) is 0.638. The molecular formula is C22H21F2N5O2. The number of hydrogen-bond donors (Lipinski definition) is 1. The first kappa shape index (κ1) is 19.6. The van der Waals surface area contributed by atoms with Gasteiger partial charge in [0.15, 0.2) is 5.65 Å². The van der Waals surface area contributed by atoms with E-state index in [1.807, 2.05) is 0 Å². The second-order valence-electron chi connectivity index (χ2n) is 8.31. The van der Waals surface area contributed by atoms with Gasteiger partial charge in [-0.25, -0.2) is 18.3 Å². The first-order valence-electron chi connectivity index (χ1n) is 10.3. The zero-order valence-corrected chi connectivity index (χ0v) is 16.7. The highest BCUT2D eigenvalue weighted by Gasteiger charge is 2.49. The summed E-state index contributed by atoms with van der Waals surface area (Å²) >= 11 is 0. The predicted octanol–water partition coefficient (Wildman–Crippen LogP) is 3.10. The van der Waals surface area contributed by atoms with E-state index in [4.69, 9.17) is 0 Å². The molecule has 2 aromatic heterocycles. The van der Waals surface area contributed by atoms with Crippen LogP contribution in [0.25, 0.3) is 5.65 Å². The highest BCUT2D eigenvalue weighted by molar-refractivity contribution is 6.00. The van der Waals surface area contributed by atoms with Crippen LogP contribution < -0.4 is 10.2 Å². The van der Waals surface area contributed by atoms with Gasteiger partial charge in [-0.3, -0.25) is 9.59 Å². The molecule has 1 spiro atoms. The van der Waals surface area contributed by atoms with Crippen molar-refractivity contribution in [3.63, 3.8) is 0 Å². The number of nitrogens with zero attached hydrogens (tertiary/aromatic N) is 4. The Morgan fingerprint density at radius 2 is 1.87 bits per heavy atom. The Morgan fingerprint density at radius 1 is 1.13 bits per heavy atom. The van der Waals surface area contributed by atoms with Gasteiger partial charge in [-0.1, -0.05) is 0 Å². The van der Waals surface area contributed by atoms with Gasteiger partial charge in [0.05, 0.1) is 11.6 Å². The Morgan fingerprint density at radius 3 is 2.61 bits per heavy atom. The minimum Gasteiger partial charge on any atom is -0.349 e. The lowest BCUT2D eigenvalue weighted by molar-refractivity contribution is -0.127. The van der Waals surface area contributed by atoms with Crippen LogP contribution in [0.4, 0.5) is 14.5 Å². The average molecular weight is 425 g/mol. The number of hydrogen-bond acceptors (Lipinski definition) is 4. The highest BCUT2D eigenvalue weighted by atomic mass is 19.1. The van der Waals surface area contributed by atoms with Crippen molar-refractivity contribution >= 4 is 23.1 Å². The minimum absolute atomic E-state index is 0.0507. The summed E-state index contributed by atoms with van der Waals surface area (Å²) < 4.78 is 28.7. The van der Waals surface area contributed by atoms with Crippen molar-refractivity contribution in [2.24, 2.45) is 5.41 Å². The molecule has 1 aliphatic heterocycles. The maximum atomic E-state index is 13.6. The Balaban J connectivity index is 1.25. The summed E-state index contributed by atoms with van der Waals surface area (Å²) in [6, 6.07) is 4.87. The standard InChI is InChI=1S/C22H21F2N5O2/c23-14-10-15(24)12-17(11-14)28-9-6-22(21(28)31)4-2-16(3-5-22)27-20(30)18-13-26-29-8-1-7-25-19(18)29/h1,7-8,10-13,16H,2-6,9H2,(H,27,30)/t16-,22-. The molecular weight excluding hydrogens is 404 g/mol. The van der Waals surface area contributed by atoms with Gasteiger partial charge < -0.3 is 10.2 Å². The van der Waals surface area contributed by atoms with Gasteiger partial charge in [0.1, 0.15) is 17.2 Å². The second kappa shape index (κ2) is 7.40. The maximum Gasteiger partial charge on any atom is 0.256 e. The minimum atomic E-state index is -0.697. The van der Waals surface area contributed by atoms with Crippen molar-refractivity contribution in [1.29, 1.82) is 0 Å². The van der Waals surface area contributed by atoms with E-state index >= 15 is 0 Å². The van der Waals surface area contributed by atoms with Crippen LogP contribution in [0.5, 0.6) is 0 Å². The number of rotatable bonds is 3. The number of amides is 2. The Bertz CT molecular complexity index is 1150. The summed E-state index contributed by atoms with van der Waals surface area (Å²) in [6.45, 7) is 0.437. The van der Waals surface area contributed by atoms with Gasteiger partial charge in [-0.15, -0.1) is 0 Å². The van der Waals surface area contributed by atoms with Crippen molar-refractivity contribution in [3.05, 3.63) is 60.1 Å². The first-order valence-corrected chi connectivity index (χ1v) is 10.3. The van der Waals surface area contributed by atoms with Crippen LogP contribution in [0.15, 0.2) is 42.9 Å². The van der Waals surface area contributed by atoms with E-state index in [1.165, 1.54) is 23.2 Å². The van der Waals surface area contributed by atoms with Crippen LogP contribution in [0.1, 0.15) is 42.5 Å². The van der Waals surface area contributed by atoms with E-state index in [1.54, 1.807) is 23.0 Å². The number of fused-ring (bicyclic) bond motifs is 1. The molecule has 31 heavy (non-hydrogen) atoms. The van der Waals surface area contributed by atoms with Gasteiger partial charge >= 0.3 is 0 Å². The van der Waals surface area contributed by atoms with E-state index in [2.05, 4.69) is 15.4 Å². The Kier molecular flexibility index (Phi) is 4.68. The largest absolute Gasteiger partial charge is 0.349 e. The van der Waals surface area contributed by atoms with Gasteiger partial charge in [-0.2, -0.15) is 5.10 Å². The summed E-state index contributed by atoms with van der Waals surface area (Å²) in [4.78, 5) is 31.5. The van der Waals surface area contributed by atoms with Crippen LogP contribution in [0, 0.1) is 17.0 Å². The molecule has 2 aliphatic rings. The number of halogens is 2. The van der Waals surface area contributed by atoms with Gasteiger partial charge in [-0.05, 0) is 50.3 Å². The maximum absolute atomic E-state index is 13.6. The third-order valence-electron chi connectivity index (χ3n) is 6.47. The van der Waals surface area contributed by atoms with Crippen molar-refractivity contribution in [3.8, 4) is 0 Å². The molecule has 3 aromatic rings. The molecule has 0 radical (unpaired) electrons. The number of benzene rings is 1. The van der Waals surface area contributed by atoms with Crippen LogP contribution in [0.3, 0.4) is 0 Å². The molecule has 2 fully saturated rings. The molecule has 7 nitrogen and oxygen atoms in total. The molecule has 0 bridgehead atoms. The second-order valence-corrected chi connectivity index (χ2v) is 8.31. The number of carbonyl (C=O) groups excluding carboxylic acids is 2. The fourth-order valence-corrected chi connectivity index (χ4v) is 4.79. The van der Waals surface area contributed by atoms with Crippen molar-refractivity contribution in [2.75, 3.05) is 11.4 Å². The van der Waals surface area contributed by atoms with Crippen LogP contribution in [-0.2, 0) is 4.79 Å². The van der Waals surface area contributed by atoms with E-state index in [-0.39, 0.29) is 23.5 Å². The van der Waals surface area contributed by atoms with Crippen molar-refractivity contribution < 1.29 is 18.4 Å². The van der Waals surface area contributed by atoms with E-state index in [0.29, 0.717) is 49.9 Å². The average Bonchev–Trinajstić information content (AvgIpc) is 3.31. The highest BCUT2D eigenvalue weighted by Crippen LogP contribution is 2.46. The van der Waals surface area contributed by atoms with Crippen molar-refractivity contribution in [2.45, 2.75) is 38.1 Å². The topological polar surface area (TPSA) is 79.6 Å². The lowest BCUT2D eigenvalue weighted by Gasteiger charge is -2.36. The molecule has 1 aliphatic carbocycles. The summed E-state index contributed by atoms with van der Waals surface area (Å²) in [6.07, 6.45) is 8.05. The lowest BCUT2D eigenvalue weighted by Crippen LogP contribution is -2.43. The molecule has 5 rings (SSSR count). The summed E-state index contributed by atoms with van der Waals surface area (Å²) in [7, 11) is 0. The van der Waals surface area contributed by atoms with Crippen LogP contribution in [0.2, 0.25) is 0 Å². The quantitative estimate of drug-likeness (QED) is 0.699. The Hall–Kier alpha value is -3.36. The number of anilines is 1. The number of nitrogens with one attached hydrogen (secondary N) is 1. The molecule has 9 heteroatoms. The normalized spacial score (nSPS) is 23.6. The van der Waals surface area contributed by atoms with E-state index in [0.717, 1.165) is 6.07 Å². The smallest absolute Gasteiger partial charge is 0.256 e. The summed E-state index contributed by atoms with van der Waals surface area (Å²) in [5, 5.41) is 7.18. The van der Waals surface area contributed by atoms with Gasteiger partial charge in [0.25, 0.3) is 5.91 Å². The molecule has 1 saturated heterocycles. The zero-order chi connectivity index (χ0) is 21.6. The lowest BCUT2D eigenvalue weighted by atomic mass is 9.71. The zero-order valence-electron chi connectivity index (χ0n) is 16.7. The third kappa shape index (κ3) is 3.43. The number of aromatic nitrogens is 3. The molecule has 0 unspecified atom stereocenters.